The van der Waals surface area contributed by atoms with E-state index in [-0.39, 0.29) is 23.5 Å². The average Bonchev–Trinajstić information content (AvgIpc) is 4.24. The third-order valence-corrected chi connectivity index (χ3v) is 15.1. The van der Waals surface area contributed by atoms with Crippen molar-refractivity contribution in [3.8, 4) is 69.2 Å². The highest BCUT2D eigenvalue weighted by Gasteiger charge is 2.31. The predicted octanol–water partition coefficient (Wildman–Crippen LogP) is 7.19. The number of anilines is 2. The van der Waals surface area contributed by atoms with Gasteiger partial charge in [-0.25, -0.2) is 36.8 Å². The van der Waals surface area contributed by atoms with Crippen molar-refractivity contribution in [1.29, 1.82) is 0 Å². The number of halogens is 2. The molecule has 8 aromatic rings. The van der Waals surface area contributed by atoms with E-state index in [9.17, 15) is 16.8 Å². The molecular weight excluding hydrogens is 1090 g/mol. The van der Waals surface area contributed by atoms with E-state index in [1.54, 1.807) is 72.8 Å². The Morgan fingerprint density at radius 2 is 0.865 bits per heavy atom. The first-order chi connectivity index (χ1) is 35.6. The number of aromatic nitrogens is 10. The Hall–Kier alpha value is -6.92. The molecule has 0 radical (unpaired) electrons. The fourth-order valence-corrected chi connectivity index (χ4v) is 11.5. The molecule has 0 saturated heterocycles. The molecule has 6 heterocycles. The highest BCUT2D eigenvalue weighted by atomic mass is 35.5. The number of hydrogen-bond donors (Lipinski definition) is 2. The molecular formula is C44H46Cl2N12O12S4. The number of pyridine rings is 2. The number of rotatable bonds is 22. The number of nitrogens with zero attached hydrogens (tertiary/aromatic N) is 10. The van der Waals surface area contributed by atoms with Crippen molar-refractivity contribution < 1.29 is 54.7 Å². The Morgan fingerprint density at radius 1 is 0.514 bits per heavy atom. The summed E-state index contributed by atoms with van der Waals surface area (Å²) >= 11 is 14.2. The summed E-state index contributed by atoms with van der Waals surface area (Å²) in [6, 6.07) is 20.5. The molecule has 0 aliphatic heterocycles. The second-order valence-corrected chi connectivity index (χ2v) is 21.7. The second-order valence-electron chi connectivity index (χ2n) is 14.7. The zero-order chi connectivity index (χ0) is 53.2. The molecule has 0 saturated carbocycles. The van der Waals surface area contributed by atoms with E-state index in [4.69, 9.17) is 61.1 Å². The summed E-state index contributed by atoms with van der Waals surface area (Å²) in [5.74, 6) is 1.52. The number of methoxy groups -OCH3 is 8. The number of para-hydroxylation sites is 2. The third-order valence-electron chi connectivity index (χ3n) is 10.2. The van der Waals surface area contributed by atoms with Gasteiger partial charge in [-0.1, -0.05) is 47.5 Å². The van der Waals surface area contributed by atoms with Gasteiger partial charge in [0.15, 0.2) is 11.6 Å². The van der Waals surface area contributed by atoms with Gasteiger partial charge in [-0.05, 0) is 36.4 Å². The number of ether oxygens (including phenoxy) is 8. The normalized spacial score (nSPS) is 12.2. The summed E-state index contributed by atoms with van der Waals surface area (Å²) in [4.78, 5) is 17.1. The molecule has 0 spiro atoms. The Balaban J connectivity index is 0.000000216. The highest BCUT2D eigenvalue weighted by molar-refractivity contribution is 7.93. The van der Waals surface area contributed by atoms with Crippen molar-refractivity contribution in [3.63, 3.8) is 0 Å². The topological polar surface area (TPSA) is 279 Å². The zero-order valence-electron chi connectivity index (χ0n) is 40.4. The molecule has 24 nitrogen and oxygen atoms in total. The summed E-state index contributed by atoms with van der Waals surface area (Å²) in [6.45, 7) is 0. The highest BCUT2D eigenvalue weighted by Crippen LogP contribution is 2.40. The minimum absolute atomic E-state index is 0.116. The molecule has 0 fully saturated rings. The fourth-order valence-electron chi connectivity index (χ4n) is 6.94. The van der Waals surface area contributed by atoms with Gasteiger partial charge in [0.1, 0.15) is 88.2 Å². The third kappa shape index (κ3) is 12.7. The largest absolute Gasteiger partial charge is 0.494 e. The van der Waals surface area contributed by atoms with Crippen LogP contribution in [-0.2, 0) is 29.5 Å². The Labute approximate surface area is 442 Å². The van der Waals surface area contributed by atoms with Crippen LogP contribution in [0.2, 0.25) is 8.67 Å². The van der Waals surface area contributed by atoms with Crippen molar-refractivity contribution in [2.75, 3.05) is 77.8 Å². The summed E-state index contributed by atoms with van der Waals surface area (Å²) in [7, 11) is 3.62. The van der Waals surface area contributed by atoms with Gasteiger partial charge in [-0.2, -0.15) is 0 Å². The van der Waals surface area contributed by atoms with Crippen LogP contribution >= 0.6 is 45.9 Å². The maximum absolute atomic E-state index is 13.3. The molecule has 2 aromatic carbocycles. The van der Waals surface area contributed by atoms with E-state index < -0.39 is 43.8 Å². The van der Waals surface area contributed by atoms with Crippen LogP contribution in [0, 0.1) is 0 Å². The molecule has 0 aliphatic carbocycles. The quantitative estimate of drug-likeness (QED) is 0.0679. The lowest BCUT2D eigenvalue weighted by atomic mass is 10.2. The first-order valence-corrected chi connectivity index (χ1v) is 26.9. The number of sulfonamides is 2. The van der Waals surface area contributed by atoms with Gasteiger partial charge in [-0.3, -0.25) is 18.6 Å². The molecule has 8 rings (SSSR count). The fraction of sp³-hybridized carbons (Fsp3) is 0.273. The minimum atomic E-state index is -4.04. The first kappa shape index (κ1) is 54.8. The molecule has 0 aliphatic rings. The van der Waals surface area contributed by atoms with Gasteiger partial charge in [0.2, 0.25) is 43.7 Å². The van der Waals surface area contributed by atoms with Crippen LogP contribution in [-0.4, -0.2) is 135 Å². The van der Waals surface area contributed by atoms with Crippen molar-refractivity contribution in [1.82, 2.24) is 49.5 Å². The monoisotopic (exact) mass is 1130 g/mol. The summed E-state index contributed by atoms with van der Waals surface area (Å²) in [6.07, 6.45) is 1.16. The van der Waals surface area contributed by atoms with Gasteiger partial charge in [0.05, 0.1) is 55.1 Å². The Morgan fingerprint density at radius 3 is 1.16 bits per heavy atom. The number of thiazole rings is 2. The molecule has 2 N–H and O–H groups in total. The van der Waals surface area contributed by atoms with E-state index in [1.165, 1.54) is 78.4 Å². The van der Waals surface area contributed by atoms with E-state index >= 15 is 0 Å². The van der Waals surface area contributed by atoms with Gasteiger partial charge in [-0.15, -0.1) is 43.1 Å². The maximum Gasteiger partial charge on any atom is 0.243 e. The van der Waals surface area contributed by atoms with Crippen LogP contribution < -0.4 is 37.9 Å². The smallest absolute Gasteiger partial charge is 0.243 e. The zero-order valence-corrected chi connectivity index (χ0v) is 45.2. The van der Waals surface area contributed by atoms with E-state index in [2.05, 4.69) is 49.8 Å². The number of hydrogen-bond acceptors (Lipinski definition) is 22. The van der Waals surface area contributed by atoms with Gasteiger partial charge in [0, 0.05) is 26.4 Å². The van der Waals surface area contributed by atoms with Crippen molar-refractivity contribution in [2.24, 2.45) is 0 Å². The van der Waals surface area contributed by atoms with Gasteiger partial charge >= 0.3 is 0 Å². The molecule has 74 heavy (non-hydrogen) atoms. The summed E-state index contributed by atoms with van der Waals surface area (Å²) in [5.41, 5.74) is 1.48. The SMILES string of the molecule is COc1cccc(-c2nnc(NS(=O)(=O)C[C@@H](OC)c3ncc(Cl)s3)n2-c2c(OC)cccc2OC)n1.COc1cccc(-c2nnc(NS(=O)(=O)C[C@H](OC)c3ncc(Cl)s3)n2-c2c(OC)cccc2OC)n1. The van der Waals surface area contributed by atoms with E-state index in [0.717, 1.165) is 22.7 Å². The molecule has 6 aromatic heterocycles. The van der Waals surface area contributed by atoms with Crippen LogP contribution in [0.5, 0.6) is 34.8 Å². The molecule has 30 heteroatoms. The Bertz CT molecular complexity index is 3160. The minimum Gasteiger partial charge on any atom is -0.494 e. The number of benzene rings is 2. The lowest BCUT2D eigenvalue weighted by Gasteiger charge is -2.18. The second kappa shape index (κ2) is 24.4. The van der Waals surface area contributed by atoms with E-state index in [1.807, 2.05) is 0 Å². The standard InChI is InChI=1S/2C22H23ClN6O6S2/c2*1-32-14-8-6-9-15(33-2)19(14)29-20(13-7-5-10-18(25-13)35-4)26-27-22(29)28-37(30,31)12-16(34-3)21-24-11-17(23)36-21/h2*5-11,16H,12H2,1-4H3,(H,27,28)/t2*16-/m10/s1. The lowest BCUT2D eigenvalue weighted by molar-refractivity contribution is 0.121. The van der Waals surface area contributed by atoms with E-state index in [0.29, 0.717) is 76.2 Å². The first-order valence-electron chi connectivity index (χ1n) is 21.3. The van der Waals surface area contributed by atoms with Crippen molar-refractivity contribution in [3.05, 3.63) is 104 Å². The van der Waals surface area contributed by atoms with Crippen molar-refractivity contribution >= 4 is 77.8 Å². The van der Waals surface area contributed by atoms with Crippen LogP contribution in [0.4, 0.5) is 11.9 Å². The molecule has 0 amide bonds. The summed E-state index contributed by atoms with van der Waals surface area (Å²) in [5, 5.41) is 17.6. The molecule has 392 valence electrons. The molecule has 2 atom stereocenters. The van der Waals surface area contributed by atoms with Gasteiger partial charge < -0.3 is 37.9 Å². The lowest BCUT2D eigenvalue weighted by Crippen LogP contribution is -2.24. The van der Waals surface area contributed by atoms with Crippen LogP contribution in [0.3, 0.4) is 0 Å². The van der Waals surface area contributed by atoms with Crippen LogP contribution in [0.25, 0.3) is 34.4 Å². The molecule has 0 bridgehead atoms. The number of nitrogens with one attached hydrogen (secondary N) is 2. The predicted molar refractivity (Wildman–Crippen MR) is 277 cm³/mol. The van der Waals surface area contributed by atoms with Gasteiger partial charge in [0.25, 0.3) is 0 Å². The van der Waals surface area contributed by atoms with Crippen LogP contribution in [0.15, 0.2) is 85.2 Å². The van der Waals surface area contributed by atoms with Crippen molar-refractivity contribution in [2.45, 2.75) is 12.2 Å². The average molecular weight is 1130 g/mol. The summed E-state index contributed by atoms with van der Waals surface area (Å²) < 4.78 is 105. The molecule has 0 unspecified atom stereocenters. The Kier molecular flexibility index (Phi) is 18.1. The maximum atomic E-state index is 13.3. The van der Waals surface area contributed by atoms with Crippen LogP contribution in [0.1, 0.15) is 22.2 Å².